The smallest absolute Gasteiger partial charge is 0.238 e. The zero-order valence-corrected chi connectivity index (χ0v) is 16.1. The van der Waals surface area contributed by atoms with Crippen molar-refractivity contribution in [3.8, 4) is 0 Å². The van der Waals surface area contributed by atoms with Crippen LogP contribution in [0.1, 0.15) is 11.1 Å². The lowest BCUT2D eigenvalue weighted by Crippen LogP contribution is -3.11. The normalized spacial score (nSPS) is 17.4. The highest BCUT2D eigenvalue weighted by Gasteiger charge is 2.21. The maximum atomic E-state index is 11.7. The number of primary sulfonamides is 1. The van der Waals surface area contributed by atoms with Gasteiger partial charge in [-0.3, -0.25) is 4.57 Å². The van der Waals surface area contributed by atoms with E-state index in [0.29, 0.717) is 11.4 Å². The largest absolute Gasteiger partial charge is 0.320 e. The molecule has 8 heteroatoms. The fourth-order valence-electron chi connectivity index (χ4n) is 3.72. The summed E-state index contributed by atoms with van der Waals surface area (Å²) < 4.78 is 28.1. The van der Waals surface area contributed by atoms with Gasteiger partial charge in [0.05, 0.1) is 22.5 Å². The number of nitrogens with two attached hydrogens (primary N) is 1. The summed E-state index contributed by atoms with van der Waals surface area (Å²) in [6.45, 7) is 2.64. The molecule has 1 atom stereocenters. The molecule has 3 aromatic rings. The predicted molar refractivity (Wildman–Crippen MR) is 103 cm³/mol. The fraction of sp³-hybridized carbons (Fsp3) is 0.278. The molecule has 0 bridgehead atoms. The van der Waals surface area contributed by atoms with E-state index in [4.69, 9.17) is 17.4 Å². The molecule has 1 aliphatic rings. The number of rotatable bonds is 3. The molecule has 1 unspecified atom stereocenters. The molecule has 26 heavy (non-hydrogen) atoms. The lowest BCUT2D eigenvalue weighted by Gasteiger charge is -2.26. The summed E-state index contributed by atoms with van der Waals surface area (Å²) in [5.74, 6) is 0. The minimum absolute atomic E-state index is 0.110. The van der Waals surface area contributed by atoms with Gasteiger partial charge in [0, 0.05) is 19.0 Å². The van der Waals surface area contributed by atoms with Gasteiger partial charge in [-0.15, -0.1) is 0 Å². The highest BCUT2D eigenvalue weighted by molar-refractivity contribution is 7.89. The van der Waals surface area contributed by atoms with Gasteiger partial charge in [0.2, 0.25) is 10.0 Å². The Hall–Kier alpha value is -2.00. The third-order valence-corrected chi connectivity index (χ3v) is 6.54. The van der Waals surface area contributed by atoms with Gasteiger partial charge in [-0.25, -0.2) is 13.6 Å². The van der Waals surface area contributed by atoms with Crippen LogP contribution >= 0.6 is 12.2 Å². The monoisotopic (exact) mass is 389 g/mol. The molecule has 0 aliphatic carbocycles. The third kappa shape index (κ3) is 2.99. The fourth-order valence-corrected chi connectivity index (χ4v) is 4.52. The standard InChI is InChI=1S/C18H20N4O2S2/c1-20-16-7-6-15(26(19,23)24)10-17(16)22(18(20)25)12-21-9-8-13-4-2-3-5-14(13)11-21/h2-7,10H,8-9,11-12H2,1H3,(H2,19,23,24)/p+1. The van der Waals surface area contributed by atoms with E-state index in [2.05, 4.69) is 24.3 Å². The Morgan fingerprint density at radius 1 is 1.15 bits per heavy atom. The molecule has 3 N–H and O–H groups in total. The van der Waals surface area contributed by atoms with Crippen LogP contribution in [-0.2, 0) is 36.7 Å². The maximum absolute atomic E-state index is 11.7. The van der Waals surface area contributed by atoms with Crippen LogP contribution in [0.25, 0.3) is 11.0 Å². The molecular formula is C18H21N4O2S2+. The summed E-state index contributed by atoms with van der Waals surface area (Å²) in [5, 5.41) is 5.30. The van der Waals surface area contributed by atoms with E-state index in [1.165, 1.54) is 22.1 Å². The SMILES string of the molecule is Cn1c(=S)n(C[NH+]2CCc3ccccc3C2)c2cc(S(N)(=O)=O)ccc21. The van der Waals surface area contributed by atoms with Crippen LogP contribution in [-0.4, -0.2) is 24.1 Å². The number of aryl methyl sites for hydroxylation is 1. The molecule has 1 aromatic heterocycles. The average molecular weight is 390 g/mol. The number of benzene rings is 2. The van der Waals surface area contributed by atoms with Gasteiger partial charge in [-0.1, -0.05) is 24.3 Å². The summed E-state index contributed by atoms with van der Waals surface area (Å²) in [6, 6.07) is 13.4. The van der Waals surface area contributed by atoms with E-state index in [1.807, 2.05) is 16.2 Å². The second-order valence-electron chi connectivity index (χ2n) is 6.82. The topological polar surface area (TPSA) is 74.5 Å². The van der Waals surface area contributed by atoms with Crippen molar-refractivity contribution >= 4 is 33.3 Å². The number of hydrogen-bond acceptors (Lipinski definition) is 3. The van der Waals surface area contributed by atoms with Crippen molar-refractivity contribution in [1.29, 1.82) is 0 Å². The molecule has 0 spiro atoms. The molecule has 0 saturated heterocycles. The molecule has 0 amide bonds. The van der Waals surface area contributed by atoms with Crippen molar-refractivity contribution in [2.24, 2.45) is 12.2 Å². The zero-order chi connectivity index (χ0) is 18.5. The summed E-state index contributed by atoms with van der Waals surface area (Å²) >= 11 is 5.61. The van der Waals surface area contributed by atoms with Gasteiger partial charge in [0.1, 0.15) is 6.54 Å². The summed E-state index contributed by atoms with van der Waals surface area (Å²) in [4.78, 5) is 1.51. The van der Waals surface area contributed by atoms with Crippen molar-refractivity contribution in [3.05, 3.63) is 58.4 Å². The summed E-state index contributed by atoms with van der Waals surface area (Å²) in [5.41, 5.74) is 4.48. The Morgan fingerprint density at radius 3 is 2.62 bits per heavy atom. The highest BCUT2D eigenvalue weighted by Crippen LogP contribution is 2.20. The number of fused-ring (bicyclic) bond motifs is 2. The lowest BCUT2D eigenvalue weighted by molar-refractivity contribution is -0.938. The molecule has 1 aliphatic heterocycles. The number of aromatic nitrogens is 2. The first-order valence-corrected chi connectivity index (χ1v) is 10.4. The molecule has 6 nitrogen and oxygen atoms in total. The van der Waals surface area contributed by atoms with Crippen LogP contribution in [0.15, 0.2) is 47.4 Å². The summed E-state index contributed by atoms with van der Waals surface area (Å²) in [7, 11) is -1.85. The predicted octanol–water partition coefficient (Wildman–Crippen LogP) is 0.955. The molecule has 2 aromatic carbocycles. The molecule has 0 saturated carbocycles. The molecule has 4 rings (SSSR count). The van der Waals surface area contributed by atoms with E-state index in [1.54, 1.807) is 12.1 Å². The highest BCUT2D eigenvalue weighted by atomic mass is 32.2. The molecule has 0 radical (unpaired) electrons. The van der Waals surface area contributed by atoms with Gasteiger partial charge in [0.15, 0.2) is 11.4 Å². The number of nitrogens with zero attached hydrogens (tertiary/aromatic N) is 2. The van der Waals surface area contributed by atoms with E-state index in [9.17, 15) is 8.42 Å². The van der Waals surface area contributed by atoms with Crippen LogP contribution in [0.5, 0.6) is 0 Å². The van der Waals surface area contributed by atoms with E-state index in [-0.39, 0.29) is 4.90 Å². The minimum atomic E-state index is -3.75. The number of nitrogens with one attached hydrogen (secondary N) is 1. The zero-order valence-electron chi connectivity index (χ0n) is 14.5. The Bertz CT molecular complexity index is 1160. The van der Waals surface area contributed by atoms with Crippen LogP contribution < -0.4 is 10.0 Å². The molecule has 136 valence electrons. The lowest BCUT2D eigenvalue weighted by atomic mass is 10.0. The van der Waals surface area contributed by atoms with Crippen molar-refractivity contribution in [3.63, 3.8) is 0 Å². The molecule has 2 heterocycles. The van der Waals surface area contributed by atoms with E-state index in [0.717, 1.165) is 30.5 Å². The van der Waals surface area contributed by atoms with Crippen LogP contribution in [0.4, 0.5) is 0 Å². The molecule has 0 fully saturated rings. The Morgan fingerprint density at radius 2 is 1.88 bits per heavy atom. The van der Waals surface area contributed by atoms with Gasteiger partial charge in [-0.2, -0.15) is 0 Å². The first kappa shape index (κ1) is 17.4. The van der Waals surface area contributed by atoms with Crippen molar-refractivity contribution < 1.29 is 13.3 Å². The van der Waals surface area contributed by atoms with Crippen LogP contribution in [0, 0.1) is 4.77 Å². The molecular weight excluding hydrogens is 368 g/mol. The first-order chi connectivity index (χ1) is 12.3. The average Bonchev–Trinajstić information content (AvgIpc) is 2.85. The second kappa shape index (κ2) is 6.31. The Labute approximate surface area is 157 Å². The van der Waals surface area contributed by atoms with Crippen molar-refractivity contribution in [2.45, 2.75) is 24.5 Å². The van der Waals surface area contributed by atoms with Gasteiger partial charge < -0.3 is 9.47 Å². The minimum Gasteiger partial charge on any atom is -0.320 e. The van der Waals surface area contributed by atoms with E-state index < -0.39 is 10.0 Å². The Kier molecular flexibility index (Phi) is 4.23. The maximum Gasteiger partial charge on any atom is 0.238 e. The first-order valence-electron chi connectivity index (χ1n) is 8.47. The van der Waals surface area contributed by atoms with Gasteiger partial charge in [0.25, 0.3) is 0 Å². The number of imidazole rings is 1. The Balaban J connectivity index is 1.75. The quantitative estimate of drug-likeness (QED) is 0.655. The number of hydrogen-bond donors (Lipinski definition) is 2. The van der Waals surface area contributed by atoms with Crippen LogP contribution in [0.2, 0.25) is 0 Å². The van der Waals surface area contributed by atoms with Gasteiger partial charge in [-0.05, 0) is 36.0 Å². The second-order valence-corrected chi connectivity index (χ2v) is 8.75. The van der Waals surface area contributed by atoms with Crippen molar-refractivity contribution in [1.82, 2.24) is 9.13 Å². The number of quaternary nitrogens is 1. The van der Waals surface area contributed by atoms with Crippen LogP contribution in [0.3, 0.4) is 0 Å². The van der Waals surface area contributed by atoms with Gasteiger partial charge >= 0.3 is 0 Å². The summed E-state index contributed by atoms with van der Waals surface area (Å²) in [6.07, 6.45) is 1.03. The van der Waals surface area contributed by atoms with Crippen molar-refractivity contribution in [2.75, 3.05) is 6.54 Å². The number of sulfonamides is 1. The third-order valence-electron chi connectivity index (χ3n) is 5.13. The van der Waals surface area contributed by atoms with E-state index >= 15 is 0 Å².